The van der Waals surface area contributed by atoms with Crippen LogP contribution < -0.4 is 5.73 Å². The van der Waals surface area contributed by atoms with Gasteiger partial charge in [-0.2, -0.15) is 10.2 Å². The van der Waals surface area contributed by atoms with E-state index < -0.39 is 0 Å². The van der Waals surface area contributed by atoms with Crippen molar-refractivity contribution in [3.8, 4) is 0 Å². The summed E-state index contributed by atoms with van der Waals surface area (Å²) in [7, 11) is 1.91. The molecule has 19 heavy (non-hydrogen) atoms. The predicted octanol–water partition coefficient (Wildman–Crippen LogP) is 2.29. The van der Waals surface area contributed by atoms with E-state index in [1.54, 1.807) is 6.20 Å². The molecule has 2 aromatic rings. The highest BCUT2D eigenvalue weighted by Gasteiger charge is 2.21. The van der Waals surface area contributed by atoms with E-state index in [2.05, 4.69) is 24.0 Å². The summed E-state index contributed by atoms with van der Waals surface area (Å²) in [5.41, 5.74) is 9.20. The number of rotatable bonds is 5. The van der Waals surface area contributed by atoms with Gasteiger partial charge in [-0.3, -0.25) is 9.36 Å². The number of aromatic nitrogens is 4. The highest BCUT2D eigenvalue weighted by molar-refractivity contribution is 6.31. The van der Waals surface area contributed by atoms with E-state index in [0.29, 0.717) is 5.02 Å². The van der Waals surface area contributed by atoms with E-state index in [1.807, 2.05) is 22.5 Å². The summed E-state index contributed by atoms with van der Waals surface area (Å²) in [5, 5.41) is 9.32. The SMILES string of the molecule is CCCn1ncc(Cl)c1C(N)c1cc(CC)nn1C. The lowest BCUT2D eigenvalue weighted by molar-refractivity contribution is 0.547. The minimum atomic E-state index is -0.306. The molecule has 2 rings (SSSR count). The van der Waals surface area contributed by atoms with Gasteiger partial charge in [0.1, 0.15) is 0 Å². The Hall–Kier alpha value is -1.33. The van der Waals surface area contributed by atoms with Crippen LogP contribution >= 0.6 is 11.6 Å². The van der Waals surface area contributed by atoms with Crippen LogP contribution in [0.5, 0.6) is 0 Å². The first kappa shape index (κ1) is 14.1. The van der Waals surface area contributed by atoms with Crippen LogP contribution in [0.3, 0.4) is 0 Å². The van der Waals surface area contributed by atoms with Crippen molar-refractivity contribution in [3.05, 3.63) is 34.4 Å². The third kappa shape index (κ3) is 2.67. The molecule has 0 fully saturated rings. The van der Waals surface area contributed by atoms with Gasteiger partial charge in [-0.1, -0.05) is 25.4 Å². The summed E-state index contributed by atoms with van der Waals surface area (Å²) in [6.45, 7) is 4.99. The van der Waals surface area contributed by atoms with Crippen LogP contribution in [-0.4, -0.2) is 19.6 Å². The molecule has 0 saturated heterocycles. The normalized spacial score (nSPS) is 12.9. The van der Waals surface area contributed by atoms with E-state index >= 15 is 0 Å². The lowest BCUT2D eigenvalue weighted by Crippen LogP contribution is -2.20. The zero-order valence-corrected chi connectivity index (χ0v) is 12.4. The fourth-order valence-electron chi connectivity index (χ4n) is 2.22. The van der Waals surface area contributed by atoms with Crippen molar-refractivity contribution in [1.82, 2.24) is 19.6 Å². The van der Waals surface area contributed by atoms with Crippen molar-refractivity contribution >= 4 is 11.6 Å². The van der Waals surface area contributed by atoms with Crippen molar-refractivity contribution in [2.75, 3.05) is 0 Å². The van der Waals surface area contributed by atoms with Gasteiger partial charge in [0.25, 0.3) is 0 Å². The first-order valence-electron chi connectivity index (χ1n) is 6.58. The molecule has 6 heteroatoms. The van der Waals surface area contributed by atoms with Gasteiger partial charge in [-0.15, -0.1) is 0 Å². The van der Waals surface area contributed by atoms with Crippen molar-refractivity contribution in [2.24, 2.45) is 12.8 Å². The largest absolute Gasteiger partial charge is 0.318 e. The first-order valence-corrected chi connectivity index (χ1v) is 6.95. The molecule has 0 aromatic carbocycles. The van der Waals surface area contributed by atoms with Crippen molar-refractivity contribution in [2.45, 2.75) is 39.3 Å². The van der Waals surface area contributed by atoms with Crippen molar-refractivity contribution in [3.63, 3.8) is 0 Å². The molecular formula is C13H20ClN5. The van der Waals surface area contributed by atoms with Gasteiger partial charge in [0.15, 0.2) is 0 Å². The Morgan fingerprint density at radius 2 is 2.16 bits per heavy atom. The van der Waals surface area contributed by atoms with Crippen LogP contribution in [0, 0.1) is 0 Å². The van der Waals surface area contributed by atoms with E-state index in [4.69, 9.17) is 17.3 Å². The summed E-state index contributed by atoms with van der Waals surface area (Å²) >= 11 is 6.23. The molecular weight excluding hydrogens is 262 g/mol. The molecule has 2 aromatic heterocycles. The average molecular weight is 282 g/mol. The summed E-state index contributed by atoms with van der Waals surface area (Å²) in [5.74, 6) is 0. The second-order valence-electron chi connectivity index (χ2n) is 4.62. The molecule has 0 bridgehead atoms. The number of nitrogens with zero attached hydrogens (tertiary/aromatic N) is 4. The second kappa shape index (κ2) is 5.75. The Bertz CT molecular complexity index is 557. The molecule has 0 aliphatic rings. The maximum atomic E-state index is 6.36. The number of halogens is 1. The summed E-state index contributed by atoms with van der Waals surface area (Å²) in [4.78, 5) is 0. The number of hydrogen-bond donors (Lipinski definition) is 1. The van der Waals surface area contributed by atoms with Gasteiger partial charge >= 0.3 is 0 Å². The first-order chi connectivity index (χ1) is 9.08. The van der Waals surface area contributed by atoms with E-state index in [0.717, 1.165) is 36.5 Å². The van der Waals surface area contributed by atoms with E-state index in [9.17, 15) is 0 Å². The molecule has 5 nitrogen and oxygen atoms in total. The molecule has 2 heterocycles. The maximum absolute atomic E-state index is 6.36. The monoisotopic (exact) mass is 281 g/mol. The highest BCUT2D eigenvalue weighted by Crippen LogP contribution is 2.26. The summed E-state index contributed by atoms with van der Waals surface area (Å²) in [6.07, 6.45) is 3.54. The van der Waals surface area contributed by atoms with Crippen molar-refractivity contribution < 1.29 is 0 Å². The zero-order valence-electron chi connectivity index (χ0n) is 11.6. The summed E-state index contributed by atoms with van der Waals surface area (Å²) in [6, 6.07) is 1.73. The fourth-order valence-corrected chi connectivity index (χ4v) is 2.48. The number of aryl methyl sites for hydroxylation is 3. The zero-order chi connectivity index (χ0) is 14.0. The fraction of sp³-hybridized carbons (Fsp3) is 0.538. The van der Waals surface area contributed by atoms with Gasteiger partial charge in [-0.05, 0) is 18.9 Å². The van der Waals surface area contributed by atoms with E-state index in [1.165, 1.54) is 0 Å². The summed E-state index contributed by atoms with van der Waals surface area (Å²) < 4.78 is 3.70. The Morgan fingerprint density at radius 1 is 1.42 bits per heavy atom. The van der Waals surface area contributed by atoms with Gasteiger partial charge < -0.3 is 5.73 Å². The Balaban J connectivity index is 2.40. The predicted molar refractivity (Wildman–Crippen MR) is 76.1 cm³/mol. The molecule has 1 atom stereocenters. The minimum Gasteiger partial charge on any atom is -0.318 e. The second-order valence-corrected chi connectivity index (χ2v) is 5.02. The molecule has 1 unspecified atom stereocenters. The molecule has 2 N–H and O–H groups in total. The Kier molecular flexibility index (Phi) is 4.27. The average Bonchev–Trinajstić information content (AvgIpc) is 2.93. The quantitative estimate of drug-likeness (QED) is 0.915. The third-order valence-electron chi connectivity index (χ3n) is 3.21. The van der Waals surface area contributed by atoms with Gasteiger partial charge in [0, 0.05) is 13.6 Å². The molecule has 0 radical (unpaired) electrons. The van der Waals surface area contributed by atoms with Gasteiger partial charge in [0.05, 0.1) is 34.3 Å². The standard InChI is InChI=1S/C13H20ClN5/c1-4-6-19-13(10(14)8-16-19)12(15)11-7-9(5-2)17-18(11)3/h7-8,12H,4-6,15H2,1-3H3. The van der Waals surface area contributed by atoms with Crippen LogP contribution in [0.4, 0.5) is 0 Å². The molecule has 0 amide bonds. The van der Waals surface area contributed by atoms with Crippen molar-refractivity contribution in [1.29, 1.82) is 0 Å². The third-order valence-corrected chi connectivity index (χ3v) is 3.50. The van der Waals surface area contributed by atoms with Crippen LogP contribution in [0.25, 0.3) is 0 Å². The number of nitrogens with two attached hydrogens (primary N) is 1. The minimum absolute atomic E-state index is 0.306. The number of hydrogen-bond acceptors (Lipinski definition) is 3. The molecule has 0 saturated carbocycles. The maximum Gasteiger partial charge on any atom is 0.0909 e. The van der Waals surface area contributed by atoms with E-state index in [-0.39, 0.29) is 6.04 Å². The molecule has 104 valence electrons. The molecule has 0 spiro atoms. The lowest BCUT2D eigenvalue weighted by Gasteiger charge is -2.15. The highest BCUT2D eigenvalue weighted by atomic mass is 35.5. The van der Waals surface area contributed by atoms with Crippen LogP contribution in [-0.2, 0) is 20.0 Å². The molecule has 0 aliphatic carbocycles. The smallest absolute Gasteiger partial charge is 0.0909 e. The topological polar surface area (TPSA) is 61.7 Å². The Morgan fingerprint density at radius 3 is 2.74 bits per heavy atom. The van der Waals surface area contributed by atoms with Crippen LogP contribution in [0.1, 0.15) is 43.4 Å². The Labute approximate surface area is 118 Å². The lowest BCUT2D eigenvalue weighted by atomic mass is 10.1. The van der Waals surface area contributed by atoms with Crippen LogP contribution in [0.15, 0.2) is 12.3 Å². The molecule has 0 aliphatic heterocycles. The van der Waals surface area contributed by atoms with Gasteiger partial charge in [0.2, 0.25) is 0 Å². The van der Waals surface area contributed by atoms with Gasteiger partial charge in [-0.25, -0.2) is 0 Å². The van der Waals surface area contributed by atoms with Crippen LogP contribution in [0.2, 0.25) is 5.02 Å².